The van der Waals surface area contributed by atoms with Gasteiger partial charge in [-0.2, -0.15) is 0 Å². The van der Waals surface area contributed by atoms with Crippen LogP contribution in [0.15, 0.2) is 4.60 Å². The second-order valence-corrected chi connectivity index (χ2v) is 8.45. The summed E-state index contributed by atoms with van der Waals surface area (Å²) in [4.78, 5) is 38.8. The first-order chi connectivity index (χ1) is 13.8. The molecule has 2 N–H and O–H groups in total. The van der Waals surface area contributed by atoms with Crippen LogP contribution in [-0.4, -0.2) is 65.8 Å². The van der Waals surface area contributed by atoms with Crippen molar-refractivity contribution in [2.45, 2.75) is 39.3 Å². The fourth-order valence-electron chi connectivity index (χ4n) is 3.18. The van der Waals surface area contributed by atoms with E-state index in [0.717, 1.165) is 10.8 Å². The Labute approximate surface area is 181 Å². The normalized spacial score (nSPS) is 19.3. The monoisotopic (exact) mass is 485 g/mol. The third-order valence-electron chi connectivity index (χ3n) is 4.74. The zero-order chi connectivity index (χ0) is 21.1. The first-order valence-electron chi connectivity index (χ1n) is 9.29. The molecular formula is C18H24BrN5O4S. The van der Waals surface area contributed by atoms with Crippen LogP contribution >= 0.6 is 27.3 Å². The van der Waals surface area contributed by atoms with Gasteiger partial charge in [0.15, 0.2) is 11.0 Å². The third-order valence-corrected chi connectivity index (χ3v) is 6.71. The molecule has 1 aliphatic heterocycles. The molecule has 0 saturated carbocycles. The lowest BCUT2D eigenvalue weighted by molar-refractivity contribution is 0.0530. The van der Waals surface area contributed by atoms with Gasteiger partial charge in [0.2, 0.25) is 0 Å². The Morgan fingerprint density at radius 3 is 2.76 bits per heavy atom. The Hall–Kier alpha value is -1.98. The molecule has 158 valence electrons. The van der Waals surface area contributed by atoms with E-state index in [2.05, 4.69) is 41.1 Å². The highest BCUT2D eigenvalue weighted by molar-refractivity contribution is 9.10. The number of amides is 1. The number of thiazole rings is 1. The molecule has 0 bridgehead atoms. The van der Waals surface area contributed by atoms with E-state index in [4.69, 9.17) is 9.47 Å². The number of nitrogens with zero attached hydrogens (tertiary/aromatic N) is 3. The number of carbonyl (C=O) groups excluding carboxylic acids is 2. The molecule has 0 spiro atoms. The Balaban J connectivity index is 1.67. The lowest BCUT2D eigenvalue weighted by Crippen LogP contribution is -2.55. The first kappa shape index (κ1) is 21.7. The molecule has 3 heterocycles. The summed E-state index contributed by atoms with van der Waals surface area (Å²) in [5, 5.41) is 3.76. The molecule has 2 aromatic heterocycles. The Morgan fingerprint density at radius 1 is 1.38 bits per heavy atom. The summed E-state index contributed by atoms with van der Waals surface area (Å²) in [6.07, 6.45) is 0.459. The molecule has 0 radical (unpaired) electrons. The minimum absolute atomic E-state index is 0.154. The summed E-state index contributed by atoms with van der Waals surface area (Å²) in [5.74, 6) is -0.352. The molecule has 29 heavy (non-hydrogen) atoms. The van der Waals surface area contributed by atoms with Crippen LogP contribution in [0, 0.1) is 13.8 Å². The van der Waals surface area contributed by atoms with E-state index in [1.165, 1.54) is 11.3 Å². The number of hydrogen-bond donors (Lipinski definition) is 2. The number of aryl methyl sites for hydroxylation is 2. The van der Waals surface area contributed by atoms with Crippen LogP contribution in [0.3, 0.4) is 0 Å². The van der Waals surface area contributed by atoms with Crippen LogP contribution in [0.2, 0.25) is 0 Å². The van der Waals surface area contributed by atoms with Gasteiger partial charge in [-0.25, -0.2) is 14.8 Å². The predicted octanol–water partition coefficient (Wildman–Crippen LogP) is 2.45. The molecule has 0 unspecified atom stereocenters. The minimum Gasteiger partial charge on any atom is -0.462 e. The van der Waals surface area contributed by atoms with Crippen LogP contribution in [0.5, 0.6) is 0 Å². The molecule has 3 rings (SSSR count). The van der Waals surface area contributed by atoms with Gasteiger partial charge in [-0.05, 0) is 43.1 Å². The summed E-state index contributed by atoms with van der Waals surface area (Å²) < 4.78 is 11.3. The van der Waals surface area contributed by atoms with Crippen molar-refractivity contribution in [3.63, 3.8) is 0 Å². The topological polar surface area (TPSA) is 109 Å². The third kappa shape index (κ3) is 4.78. The van der Waals surface area contributed by atoms with Crippen LogP contribution in [0.1, 0.15) is 45.0 Å². The maximum atomic E-state index is 12.5. The number of methoxy groups -OCH3 is 1. The SMILES string of the molecule is CCOC(=O)c1sc(N2CC[C@H](NC(=O)c3nc(Br)c(C)[nH]3)[C@H](OC)C2)nc1C. The maximum Gasteiger partial charge on any atom is 0.350 e. The standard InChI is InChI=1S/C18H24BrN5O4S/c1-5-28-17(26)13-9(2)21-18(29-13)24-7-6-11(12(8-24)27-4)22-16(25)15-20-10(3)14(19)23-15/h11-12H,5-8H2,1-4H3,(H,20,23)(H,22,25)/t11-,12+/m0/s1. The number of rotatable bonds is 6. The van der Waals surface area contributed by atoms with Crippen LogP contribution < -0.4 is 10.2 Å². The smallest absolute Gasteiger partial charge is 0.350 e. The van der Waals surface area contributed by atoms with Crippen molar-refractivity contribution < 1.29 is 19.1 Å². The zero-order valence-electron chi connectivity index (χ0n) is 16.7. The van der Waals surface area contributed by atoms with E-state index in [1.54, 1.807) is 21.0 Å². The Bertz CT molecular complexity index is 879. The van der Waals surface area contributed by atoms with Gasteiger partial charge < -0.3 is 24.7 Å². The number of halogens is 1. The van der Waals surface area contributed by atoms with Crippen molar-refractivity contribution >= 4 is 44.3 Å². The Morgan fingerprint density at radius 2 is 2.14 bits per heavy atom. The number of carbonyl (C=O) groups is 2. The lowest BCUT2D eigenvalue weighted by atomic mass is 10.0. The zero-order valence-corrected chi connectivity index (χ0v) is 19.1. The fourth-order valence-corrected chi connectivity index (χ4v) is 4.45. The second-order valence-electron chi connectivity index (χ2n) is 6.72. The second kappa shape index (κ2) is 9.23. The van der Waals surface area contributed by atoms with Crippen molar-refractivity contribution in [3.05, 3.63) is 26.7 Å². The highest BCUT2D eigenvalue weighted by Crippen LogP contribution is 2.29. The van der Waals surface area contributed by atoms with Gasteiger partial charge in [-0.15, -0.1) is 0 Å². The number of hydrogen-bond acceptors (Lipinski definition) is 8. The maximum absolute atomic E-state index is 12.5. The highest BCUT2D eigenvalue weighted by atomic mass is 79.9. The molecule has 2 atom stereocenters. The van der Waals surface area contributed by atoms with Crippen LogP contribution in [-0.2, 0) is 9.47 Å². The Kier molecular flexibility index (Phi) is 6.91. The van der Waals surface area contributed by atoms with Gasteiger partial charge in [0.25, 0.3) is 5.91 Å². The summed E-state index contributed by atoms with van der Waals surface area (Å²) >= 11 is 4.62. The van der Waals surface area contributed by atoms with Gasteiger partial charge in [0.05, 0.1) is 24.4 Å². The molecule has 1 aliphatic rings. The van der Waals surface area contributed by atoms with Gasteiger partial charge in [-0.3, -0.25) is 4.79 Å². The fraction of sp³-hybridized carbons (Fsp3) is 0.556. The first-order valence-corrected chi connectivity index (χ1v) is 10.9. The molecule has 0 aliphatic carbocycles. The number of anilines is 1. The average molecular weight is 486 g/mol. The summed E-state index contributed by atoms with van der Waals surface area (Å²) in [6, 6.07) is -0.154. The van der Waals surface area contributed by atoms with E-state index < -0.39 is 0 Å². The van der Waals surface area contributed by atoms with E-state index in [-0.39, 0.29) is 29.8 Å². The number of aromatic nitrogens is 3. The van der Waals surface area contributed by atoms with Gasteiger partial charge >= 0.3 is 5.97 Å². The van der Waals surface area contributed by atoms with Gasteiger partial charge in [-0.1, -0.05) is 11.3 Å². The predicted molar refractivity (Wildman–Crippen MR) is 113 cm³/mol. The number of ether oxygens (including phenoxy) is 2. The summed E-state index contributed by atoms with van der Waals surface area (Å²) in [5.41, 5.74) is 1.46. The molecule has 9 nitrogen and oxygen atoms in total. The molecule has 1 saturated heterocycles. The van der Waals surface area contributed by atoms with Crippen molar-refractivity contribution in [3.8, 4) is 0 Å². The van der Waals surface area contributed by atoms with Crippen molar-refractivity contribution in [2.75, 3.05) is 31.7 Å². The van der Waals surface area contributed by atoms with Gasteiger partial charge in [0.1, 0.15) is 9.48 Å². The van der Waals surface area contributed by atoms with Crippen molar-refractivity contribution in [1.82, 2.24) is 20.3 Å². The molecule has 1 fully saturated rings. The van der Waals surface area contributed by atoms with Crippen LogP contribution in [0.4, 0.5) is 5.13 Å². The number of aromatic amines is 1. The van der Waals surface area contributed by atoms with Gasteiger partial charge in [0, 0.05) is 25.9 Å². The number of nitrogens with one attached hydrogen (secondary N) is 2. The van der Waals surface area contributed by atoms with Crippen molar-refractivity contribution in [2.24, 2.45) is 0 Å². The number of piperidine rings is 1. The number of H-pyrrole nitrogens is 1. The quantitative estimate of drug-likeness (QED) is 0.604. The van der Waals surface area contributed by atoms with Crippen molar-refractivity contribution in [1.29, 1.82) is 0 Å². The summed E-state index contributed by atoms with van der Waals surface area (Å²) in [7, 11) is 1.62. The molecule has 1 amide bonds. The lowest BCUT2D eigenvalue weighted by Gasteiger charge is -2.37. The van der Waals surface area contributed by atoms with E-state index in [9.17, 15) is 9.59 Å². The minimum atomic E-state index is -0.348. The largest absolute Gasteiger partial charge is 0.462 e. The molecular weight excluding hydrogens is 462 g/mol. The number of imidazole rings is 1. The molecule has 11 heteroatoms. The summed E-state index contributed by atoms with van der Waals surface area (Å²) in [6.45, 7) is 6.98. The highest BCUT2D eigenvalue weighted by Gasteiger charge is 2.33. The molecule has 0 aromatic carbocycles. The van der Waals surface area contributed by atoms with Crippen LogP contribution in [0.25, 0.3) is 0 Å². The van der Waals surface area contributed by atoms with E-state index in [0.29, 0.717) is 41.3 Å². The number of esters is 1. The van der Waals surface area contributed by atoms with E-state index in [1.807, 2.05) is 6.92 Å². The molecule has 2 aromatic rings. The average Bonchev–Trinajstić information content (AvgIpc) is 3.24. The van der Waals surface area contributed by atoms with E-state index >= 15 is 0 Å².